The van der Waals surface area contributed by atoms with E-state index in [0.29, 0.717) is 19.7 Å². The maximum absolute atomic E-state index is 12.4. The second-order valence-electron chi connectivity index (χ2n) is 5.04. The number of likely N-dealkylation sites (tertiary alicyclic amines) is 1. The molecule has 0 spiro atoms. The summed E-state index contributed by atoms with van der Waals surface area (Å²) in [5, 5.41) is 0. The molecule has 2 aliphatic heterocycles. The highest BCUT2D eigenvalue weighted by Gasteiger charge is 2.39. The number of primary amides is 1. The summed E-state index contributed by atoms with van der Waals surface area (Å²) in [6, 6.07) is 7.84. The molecular formula is C14H16N2O3. The third-order valence-electron chi connectivity index (χ3n) is 3.81. The summed E-state index contributed by atoms with van der Waals surface area (Å²) in [7, 11) is 0. The fourth-order valence-electron chi connectivity index (χ4n) is 2.60. The average Bonchev–Trinajstić information content (AvgIpc) is 2.35. The molecular weight excluding hydrogens is 244 g/mol. The number of fused-ring (bicyclic) bond motifs is 1. The lowest BCUT2D eigenvalue weighted by Gasteiger charge is -2.40. The van der Waals surface area contributed by atoms with Gasteiger partial charge in [0.1, 0.15) is 0 Å². The van der Waals surface area contributed by atoms with Crippen molar-refractivity contribution < 1.29 is 14.3 Å². The van der Waals surface area contributed by atoms with Gasteiger partial charge in [-0.15, -0.1) is 0 Å². The lowest BCUT2D eigenvalue weighted by Crippen LogP contribution is -2.56. The van der Waals surface area contributed by atoms with Crippen LogP contribution in [0.15, 0.2) is 24.3 Å². The smallest absolute Gasteiger partial charge is 0.256 e. The molecule has 2 amide bonds. The number of amides is 2. The van der Waals surface area contributed by atoms with Gasteiger partial charge in [0.05, 0.1) is 12.5 Å². The van der Waals surface area contributed by atoms with Gasteiger partial charge < -0.3 is 15.4 Å². The Kier molecular flexibility index (Phi) is 2.98. The Bertz CT molecular complexity index is 523. The maximum atomic E-state index is 12.4. The summed E-state index contributed by atoms with van der Waals surface area (Å²) >= 11 is 0. The van der Waals surface area contributed by atoms with Gasteiger partial charge in [-0.1, -0.05) is 24.3 Å². The normalized spacial score (nSPS) is 22.5. The minimum absolute atomic E-state index is 0.0651. The fourth-order valence-corrected chi connectivity index (χ4v) is 2.60. The summed E-state index contributed by atoms with van der Waals surface area (Å²) in [6.45, 7) is 1.38. The first-order valence-corrected chi connectivity index (χ1v) is 6.44. The SMILES string of the molecule is NC(=O)C1CN(C(=O)C2OCCc3ccccc32)C1. The number of nitrogens with two attached hydrogens (primary N) is 1. The molecule has 1 unspecified atom stereocenters. The molecule has 0 radical (unpaired) electrons. The lowest BCUT2D eigenvalue weighted by atomic mass is 9.93. The highest BCUT2D eigenvalue weighted by molar-refractivity contribution is 5.87. The first kappa shape index (κ1) is 12.2. The van der Waals surface area contributed by atoms with Crippen LogP contribution in [0.2, 0.25) is 0 Å². The largest absolute Gasteiger partial charge is 0.369 e. The van der Waals surface area contributed by atoms with E-state index in [0.717, 1.165) is 12.0 Å². The number of nitrogens with zero attached hydrogens (tertiary/aromatic N) is 1. The van der Waals surface area contributed by atoms with E-state index in [1.165, 1.54) is 5.56 Å². The van der Waals surface area contributed by atoms with E-state index >= 15 is 0 Å². The van der Waals surface area contributed by atoms with Crippen LogP contribution in [-0.2, 0) is 20.7 Å². The van der Waals surface area contributed by atoms with Gasteiger partial charge in [-0.25, -0.2) is 0 Å². The standard InChI is InChI=1S/C14H16N2O3/c15-13(17)10-7-16(8-10)14(18)12-11-4-2-1-3-9(11)5-6-19-12/h1-4,10,12H,5-8H2,(H2,15,17). The molecule has 2 aliphatic rings. The Morgan fingerprint density at radius 3 is 2.74 bits per heavy atom. The van der Waals surface area contributed by atoms with Crippen molar-refractivity contribution >= 4 is 11.8 Å². The van der Waals surface area contributed by atoms with E-state index in [4.69, 9.17) is 10.5 Å². The number of carbonyl (C=O) groups excluding carboxylic acids is 2. The van der Waals surface area contributed by atoms with Gasteiger partial charge in [0.25, 0.3) is 5.91 Å². The van der Waals surface area contributed by atoms with Crippen molar-refractivity contribution in [2.75, 3.05) is 19.7 Å². The van der Waals surface area contributed by atoms with Gasteiger partial charge in [-0.2, -0.15) is 0 Å². The van der Waals surface area contributed by atoms with E-state index in [9.17, 15) is 9.59 Å². The first-order valence-electron chi connectivity index (χ1n) is 6.44. The van der Waals surface area contributed by atoms with Gasteiger partial charge in [0, 0.05) is 13.1 Å². The molecule has 1 atom stereocenters. The zero-order valence-electron chi connectivity index (χ0n) is 10.5. The molecule has 5 heteroatoms. The van der Waals surface area contributed by atoms with E-state index in [1.54, 1.807) is 4.90 Å². The molecule has 3 rings (SSSR count). The van der Waals surface area contributed by atoms with Crippen LogP contribution in [0.5, 0.6) is 0 Å². The molecule has 1 aromatic carbocycles. The zero-order chi connectivity index (χ0) is 13.4. The highest BCUT2D eigenvalue weighted by Crippen LogP contribution is 2.30. The Morgan fingerprint density at radius 1 is 1.26 bits per heavy atom. The van der Waals surface area contributed by atoms with E-state index < -0.39 is 6.10 Å². The second kappa shape index (κ2) is 4.66. The van der Waals surface area contributed by atoms with E-state index in [-0.39, 0.29) is 17.7 Å². The van der Waals surface area contributed by atoms with E-state index in [2.05, 4.69) is 0 Å². The number of hydrogen-bond acceptors (Lipinski definition) is 3. The molecule has 0 aromatic heterocycles. The Labute approximate surface area is 111 Å². The topological polar surface area (TPSA) is 72.6 Å². The molecule has 5 nitrogen and oxygen atoms in total. The minimum Gasteiger partial charge on any atom is -0.369 e. The van der Waals surface area contributed by atoms with Gasteiger partial charge in [-0.3, -0.25) is 9.59 Å². The first-order chi connectivity index (χ1) is 9.16. The molecule has 0 saturated carbocycles. The molecule has 1 aromatic rings. The van der Waals surface area contributed by atoms with Gasteiger partial charge >= 0.3 is 0 Å². The predicted octanol–water partition coefficient (Wildman–Crippen LogP) is 0.244. The third kappa shape index (κ3) is 2.10. The Morgan fingerprint density at radius 2 is 2.00 bits per heavy atom. The summed E-state index contributed by atoms with van der Waals surface area (Å²) in [5.74, 6) is -0.610. The van der Waals surface area contributed by atoms with Gasteiger partial charge in [0.2, 0.25) is 5.91 Å². The molecule has 100 valence electrons. The van der Waals surface area contributed by atoms with Gasteiger partial charge in [-0.05, 0) is 17.5 Å². The van der Waals surface area contributed by atoms with Crippen LogP contribution in [0.25, 0.3) is 0 Å². The number of hydrogen-bond donors (Lipinski definition) is 1. The predicted molar refractivity (Wildman–Crippen MR) is 68.1 cm³/mol. The molecule has 1 saturated heterocycles. The van der Waals surface area contributed by atoms with Crippen molar-refractivity contribution in [2.24, 2.45) is 11.7 Å². The van der Waals surface area contributed by atoms with Crippen LogP contribution < -0.4 is 5.73 Å². The van der Waals surface area contributed by atoms with Crippen LogP contribution in [0.1, 0.15) is 17.2 Å². The van der Waals surface area contributed by atoms with Crippen molar-refractivity contribution in [3.63, 3.8) is 0 Å². The van der Waals surface area contributed by atoms with Crippen LogP contribution in [-0.4, -0.2) is 36.4 Å². The zero-order valence-corrected chi connectivity index (χ0v) is 10.5. The average molecular weight is 260 g/mol. The van der Waals surface area contributed by atoms with Crippen LogP contribution >= 0.6 is 0 Å². The minimum atomic E-state index is -0.529. The summed E-state index contributed by atoms with van der Waals surface area (Å²) in [4.78, 5) is 25.0. The summed E-state index contributed by atoms with van der Waals surface area (Å²) < 4.78 is 5.61. The number of benzene rings is 1. The van der Waals surface area contributed by atoms with Crippen LogP contribution in [0.3, 0.4) is 0 Å². The molecule has 0 bridgehead atoms. The Hall–Kier alpha value is -1.88. The highest BCUT2D eigenvalue weighted by atomic mass is 16.5. The van der Waals surface area contributed by atoms with Crippen molar-refractivity contribution in [1.29, 1.82) is 0 Å². The molecule has 2 N–H and O–H groups in total. The maximum Gasteiger partial charge on any atom is 0.256 e. The fraction of sp³-hybridized carbons (Fsp3) is 0.429. The second-order valence-corrected chi connectivity index (χ2v) is 5.04. The molecule has 0 aliphatic carbocycles. The summed E-state index contributed by atoms with van der Waals surface area (Å²) in [6.07, 6.45) is 0.308. The van der Waals surface area contributed by atoms with Crippen molar-refractivity contribution in [2.45, 2.75) is 12.5 Å². The number of ether oxygens (including phenoxy) is 1. The number of carbonyl (C=O) groups is 2. The summed E-state index contributed by atoms with van der Waals surface area (Å²) in [5.41, 5.74) is 7.32. The molecule has 2 heterocycles. The third-order valence-corrected chi connectivity index (χ3v) is 3.81. The van der Waals surface area contributed by atoms with Crippen molar-refractivity contribution in [3.05, 3.63) is 35.4 Å². The quantitative estimate of drug-likeness (QED) is 0.828. The Balaban J connectivity index is 1.74. The molecule has 1 fully saturated rings. The number of rotatable bonds is 2. The van der Waals surface area contributed by atoms with Gasteiger partial charge in [0.15, 0.2) is 6.10 Å². The monoisotopic (exact) mass is 260 g/mol. The van der Waals surface area contributed by atoms with Crippen LogP contribution in [0, 0.1) is 5.92 Å². The lowest BCUT2D eigenvalue weighted by molar-refractivity contribution is -0.153. The molecule has 19 heavy (non-hydrogen) atoms. The van der Waals surface area contributed by atoms with Crippen molar-refractivity contribution in [3.8, 4) is 0 Å². The van der Waals surface area contributed by atoms with Crippen LogP contribution in [0.4, 0.5) is 0 Å². The van der Waals surface area contributed by atoms with E-state index in [1.807, 2.05) is 24.3 Å². The van der Waals surface area contributed by atoms with Crippen molar-refractivity contribution in [1.82, 2.24) is 4.90 Å².